The first-order valence-corrected chi connectivity index (χ1v) is 4.69. The molecule has 0 fully saturated rings. The lowest BCUT2D eigenvalue weighted by Crippen LogP contribution is -2.02. The molecule has 0 aromatic carbocycles. The molecule has 4 nitrogen and oxygen atoms in total. The van der Waals surface area contributed by atoms with Crippen LogP contribution in [0, 0.1) is 5.92 Å². The third kappa shape index (κ3) is 6.23. The minimum absolute atomic E-state index is 0.126. The summed E-state index contributed by atoms with van der Waals surface area (Å²) in [6, 6.07) is 0. The van der Waals surface area contributed by atoms with Crippen LogP contribution in [-0.2, 0) is 9.09 Å². The standard InChI is InChI=1S/C5H13O4P/c1-3-5(2)4-9-10(6,7)8/h5H,3-4H2,1-2H3,(H2,6,7,8). The van der Waals surface area contributed by atoms with Crippen molar-refractivity contribution in [2.75, 3.05) is 6.61 Å². The third-order valence-corrected chi connectivity index (χ3v) is 1.71. The van der Waals surface area contributed by atoms with E-state index in [0.717, 1.165) is 6.42 Å². The normalized spacial score (nSPS) is 15.2. The van der Waals surface area contributed by atoms with E-state index in [9.17, 15) is 4.57 Å². The number of phosphoric ester groups is 1. The fourth-order valence-electron chi connectivity index (χ4n) is 0.342. The Bertz CT molecular complexity index is 130. The lowest BCUT2D eigenvalue weighted by Gasteiger charge is -2.08. The Labute approximate surface area is 60.5 Å². The quantitative estimate of drug-likeness (QED) is 0.617. The highest BCUT2D eigenvalue weighted by Gasteiger charge is 2.14. The van der Waals surface area contributed by atoms with E-state index in [-0.39, 0.29) is 12.5 Å². The monoisotopic (exact) mass is 168 g/mol. The average Bonchev–Trinajstić information content (AvgIpc) is 1.81. The van der Waals surface area contributed by atoms with Gasteiger partial charge in [-0.05, 0) is 5.92 Å². The van der Waals surface area contributed by atoms with E-state index < -0.39 is 7.82 Å². The molecule has 2 N–H and O–H groups in total. The Morgan fingerprint density at radius 1 is 1.60 bits per heavy atom. The van der Waals surface area contributed by atoms with Crippen LogP contribution in [0.3, 0.4) is 0 Å². The first-order chi connectivity index (χ1) is 4.45. The summed E-state index contributed by atoms with van der Waals surface area (Å²) in [5, 5.41) is 0. The smallest absolute Gasteiger partial charge is 0.303 e. The second kappa shape index (κ2) is 4.09. The fourth-order valence-corrected chi connectivity index (χ4v) is 0.791. The van der Waals surface area contributed by atoms with Gasteiger partial charge in [-0.15, -0.1) is 0 Å². The largest absolute Gasteiger partial charge is 0.469 e. The Hall–Kier alpha value is 0.110. The highest BCUT2D eigenvalue weighted by molar-refractivity contribution is 7.46. The maximum atomic E-state index is 10.1. The van der Waals surface area contributed by atoms with Crippen LogP contribution in [0.2, 0.25) is 0 Å². The molecule has 0 saturated carbocycles. The molecule has 0 amide bonds. The van der Waals surface area contributed by atoms with Crippen molar-refractivity contribution in [1.82, 2.24) is 0 Å². The first kappa shape index (κ1) is 10.1. The first-order valence-electron chi connectivity index (χ1n) is 3.15. The van der Waals surface area contributed by atoms with E-state index in [0.29, 0.717) is 0 Å². The predicted octanol–water partition coefficient (Wildman–Crippen LogP) is 1.14. The molecule has 62 valence electrons. The van der Waals surface area contributed by atoms with Gasteiger partial charge in [0.25, 0.3) is 0 Å². The van der Waals surface area contributed by atoms with Gasteiger partial charge >= 0.3 is 7.82 Å². The molecule has 5 heteroatoms. The summed E-state index contributed by atoms with van der Waals surface area (Å²) < 4.78 is 14.4. The summed E-state index contributed by atoms with van der Waals surface area (Å²) in [6.45, 7) is 3.93. The molecule has 0 aromatic rings. The van der Waals surface area contributed by atoms with Gasteiger partial charge in [0.15, 0.2) is 0 Å². The predicted molar refractivity (Wildman–Crippen MR) is 37.5 cm³/mol. The third-order valence-electron chi connectivity index (χ3n) is 1.22. The molecule has 1 atom stereocenters. The summed E-state index contributed by atoms with van der Waals surface area (Å²) in [4.78, 5) is 16.5. The summed E-state index contributed by atoms with van der Waals surface area (Å²) in [5.41, 5.74) is 0. The maximum absolute atomic E-state index is 10.1. The van der Waals surface area contributed by atoms with E-state index in [1.165, 1.54) is 0 Å². The van der Waals surface area contributed by atoms with Crippen LogP contribution in [0.25, 0.3) is 0 Å². The van der Waals surface area contributed by atoms with Crippen LogP contribution in [0.4, 0.5) is 0 Å². The van der Waals surface area contributed by atoms with Gasteiger partial charge in [0.2, 0.25) is 0 Å². The minimum Gasteiger partial charge on any atom is -0.303 e. The van der Waals surface area contributed by atoms with Crippen molar-refractivity contribution in [2.24, 2.45) is 5.92 Å². The van der Waals surface area contributed by atoms with E-state index >= 15 is 0 Å². The van der Waals surface area contributed by atoms with Crippen molar-refractivity contribution in [3.63, 3.8) is 0 Å². The van der Waals surface area contributed by atoms with Crippen molar-refractivity contribution in [1.29, 1.82) is 0 Å². The Morgan fingerprint density at radius 3 is 2.40 bits per heavy atom. The summed E-state index contributed by atoms with van der Waals surface area (Å²) >= 11 is 0. The molecule has 10 heavy (non-hydrogen) atoms. The molecule has 0 heterocycles. The zero-order valence-corrected chi connectivity index (χ0v) is 7.04. The average molecular weight is 168 g/mol. The minimum atomic E-state index is -4.23. The highest BCUT2D eigenvalue weighted by atomic mass is 31.2. The van der Waals surface area contributed by atoms with Gasteiger partial charge in [-0.25, -0.2) is 4.57 Å². The van der Waals surface area contributed by atoms with Gasteiger partial charge in [0, 0.05) is 0 Å². The van der Waals surface area contributed by atoms with Gasteiger partial charge in [-0.3, -0.25) is 4.52 Å². The van der Waals surface area contributed by atoms with Crippen LogP contribution in [0.15, 0.2) is 0 Å². The van der Waals surface area contributed by atoms with Crippen LogP contribution in [0.1, 0.15) is 20.3 Å². The molecule has 0 aliphatic rings. The topological polar surface area (TPSA) is 66.8 Å². The van der Waals surface area contributed by atoms with Crippen LogP contribution in [-0.4, -0.2) is 16.4 Å². The molecule has 0 rings (SSSR count). The summed E-state index contributed by atoms with van der Waals surface area (Å²) in [5.74, 6) is 0.202. The van der Waals surface area contributed by atoms with E-state index in [1.807, 2.05) is 13.8 Å². The number of hydrogen-bond donors (Lipinski definition) is 2. The molecular weight excluding hydrogens is 155 g/mol. The zero-order chi connectivity index (χ0) is 8.20. The van der Waals surface area contributed by atoms with Crippen molar-refractivity contribution in [2.45, 2.75) is 20.3 Å². The molecule has 0 aromatic heterocycles. The number of phosphoric acid groups is 1. The number of rotatable bonds is 4. The van der Waals surface area contributed by atoms with Gasteiger partial charge in [-0.2, -0.15) is 0 Å². The lowest BCUT2D eigenvalue weighted by molar-refractivity contribution is 0.171. The molecular formula is C5H13O4P. The van der Waals surface area contributed by atoms with Gasteiger partial charge in [-0.1, -0.05) is 20.3 Å². The zero-order valence-electron chi connectivity index (χ0n) is 6.15. The van der Waals surface area contributed by atoms with Crippen LogP contribution >= 0.6 is 7.82 Å². The Balaban J connectivity index is 3.46. The molecule has 0 aliphatic heterocycles. The Kier molecular flexibility index (Phi) is 4.13. The lowest BCUT2D eigenvalue weighted by atomic mass is 10.1. The van der Waals surface area contributed by atoms with Crippen molar-refractivity contribution in [3.05, 3.63) is 0 Å². The van der Waals surface area contributed by atoms with Crippen LogP contribution < -0.4 is 0 Å². The Morgan fingerprint density at radius 2 is 2.10 bits per heavy atom. The van der Waals surface area contributed by atoms with Crippen molar-refractivity contribution < 1.29 is 18.9 Å². The molecule has 0 spiro atoms. The summed E-state index contributed by atoms with van der Waals surface area (Å²) in [7, 11) is -4.23. The van der Waals surface area contributed by atoms with E-state index in [4.69, 9.17) is 9.79 Å². The highest BCUT2D eigenvalue weighted by Crippen LogP contribution is 2.36. The van der Waals surface area contributed by atoms with Crippen molar-refractivity contribution in [3.8, 4) is 0 Å². The van der Waals surface area contributed by atoms with E-state index in [1.54, 1.807) is 0 Å². The second-order valence-corrected chi connectivity index (χ2v) is 3.54. The number of hydrogen-bond acceptors (Lipinski definition) is 2. The fraction of sp³-hybridized carbons (Fsp3) is 1.00. The van der Waals surface area contributed by atoms with Gasteiger partial charge in [0.1, 0.15) is 0 Å². The van der Waals surface area contributed by atoms with Gasteiger partial charge in [0.05, 0.1) is 6.61 Å². The molecule has 0 aliphatic carbocycles. The maximum Gasteiger partial charge on any atom is 0.469 e. The molecule has 0 bridgehead atoms. The second-order valence-electron chi connectivity index (χ2n) is 2.30. The molecule has 1 unspecified atom stereocenters. The van der Waals surface area contributed by atoms with Crippen molar-refractivity contribution >= 4 is 7.82 Å². The summed E-state index contributed by atoms with van der Waals surface area (Å²) in [6.07, 6.45) is 0.861. The molecule has 0 radical (unpaired) electrons. The van der Waals surface area contributed by atoms with E-state index in [2.05, 4.69) is 4.52 Å². The van der Waals surface area contributed by atoms with Gasteiger partial charge < -0.3 is 9.79 Å². The molecule has 0 saturated heterocycles. The van der Waals surface area contributed by atoms with Crippen LogP contribution in [0.5, 0.6) is 0 Å². The SMILES string of the molecule is CCC(C)COP(=O)(O)O.